The van der Waals surface area contributed by atoms with Crippen LogP contribution in [-0.2, 0) is 30.0 Å². The second kappa shape index (κ2) is 12.1. The van der Waals surface area contributed by atoms with E-state index in [9.17, 15) is 27.6 Å². The number of nitrogens with zero attached hydrogens (tertiary/aromatic N) is 1. The van der Waals surface area contributed by atoms with Gasteiger partial charge < -0.3 is 19.7 Å². The van der Waals surface area contributed by atoms with Gasteiger partial charge in [0.2, 0.25) is 6.41 Å². The number of thioether (sulfide) groups is 1. The highest BCUT2D eigenvalue weighted by Crippen LogP contribution is 2.46. The molecule has 0 bridgehead atoms. The maximum Gasteiger partial charge on any atom is 0.416 e. The number of rotatable bonds is 10. The van der Waals surface area contributed by atoms with E-state index in [-0.39, 0.29) is 36.0 Å². The molecule has 0 aromatic heterocycles. The minimum absolute atomic E-state index is 0.0276. The van der Waals surface area contributed by atoms with Gasteiger partial charge in [-0.3, -0.25) is 4.79 Å². The largest absolute Gasteiger partial charge is 0.463 e. The van der Waals surface area contributed by atoms with Gasteiger partial charge in [-0.15, -0.1) is 11.8 Å². The Bertz CT molecular complexity index is 1020. The number of hydrogen-bond acceptors (Lipinski definition) is 7. The molecule has 0 fully saturated rings. The second-order valence-corrected chi connectivity index (χ2v) is 8.78. The summed E-state index contributed by atoms with van der Waals surface area (Å²) in [6, 6.07) is 4.27. The van der Waals surface area contributed by atoms with Crippen molar-refractivity contribution in [1.82, 2.24) is 10.2 Å². The number of alkyl halides is 3. The minimum Gasteiger partial charge on any atom is -0.463 e. The number of ether oxygens (including phenoxy) is 2. The van der Waals surface area contributed by atoms with E-state index in [1.54, 1.807) is 39.6 Å². The van der Waals surface area contributed by atoms with E-state index >= 15 is 0 Å². The molecule has 2 atom stereocenters. The maximum absolute atomic E-state index is 13.5. The molecule has 0 saturated carbocycles. The van der Waals surface area contributed by atoms with Crippen molar-refractivity contribution in [1.29, 1.82) is 0 Å². The van der Waals surface area contributed by atoms with Gasteiger partial charge >= 0.3 is 18.1 Å². The van der Waals surface area contributed by atoms with Crippen LogP contribution in [0.25, 0.3) is 0 Å². The van der Waals surface area contributed by atoms with Gasteiger partial charge in [0.15, 0.2) is 0 Å². The maximum atomic E-state index is 13.5. The number of nitrogens with one attached hydrogen (secondary N) is 1. The topological polar surface area (TPSA) is 84.9 Å². The van der Waals surface area contributed by atoms with E-state index in [1.807, 2.05) is 0 Å². The highest BCUT2D eigenvalue weighted by molar-refractivity contribution is 8.03. The Hall–Kier alpha value is -2.95. The molecule has 11 heteroatoms. The monoisotopic (exact) mass is 514 g/mol. The summed E-state index contributed by atoms with van der Waals surface area (Å²) in [6.45, 7) is 6.71. The first-order chi connectivity index (χ1) is 16.5. The van der Waals surface area contributed by atoms with Crippen molar-refractivity contribution in [3.63, 3.8) is 0 Å². The van der Waals surface area contributed by atoms with Crippen molar-refractivity contribution < 1.29 is 37.0 Å². The average molecular weight is 515 g/mol. The van der Waals surface area contributed by atoms with E-state index in [0.29, 0.717) is 22.9 Å². The van der Waals surface area contributed by atoms with E-state index in [1.165, 1.54) is 23.9 Å². The van der Waals surface area contributed by atoms with Crippen molar-refractivity contribution >= 4 is 30.1 Å². The lowest BCUT2D eigenvalue weighted by atomic mass is 9.81. The zero-order valence-corrected chi connectivity index (χ0v) is 21.0. The predicted octanol–water partition coefficient (Wildman–Crippen LogP) is 4.21. The third kappa shape index (κ3) is 6.59. The molecule has 1 aromatic rings. The molecule has 1 heterocycles. The van der Waals surface area contributed by atoms with Crippen molar-refractivity contribution in [3.05, 3.63) is 57.3 Å². The van der Waals surface area contributed by atoms with Gasteiger partial charge in [-0.1, -0.05) is 18.2 Å². The lowest BCUT2D eigenvalue weighted by Crippen LogP contribution is -2.34. The molecule has 0 saturated heterocycles. The van der Waals surface area contributed by atoms with Crippen molar-refractivity contribution in [2.24, 2.45) is 0 Å². The van der Waals surface area contributed by atoms with Gasteiger partial charge in [0.1, 0.15) is 0 Å². The predicted molar refractivity (Wildman–Crippen MR) is 126 cm³/mol. The Labute approximate surface area is 206 Å². The van der Waals surface area contributed by atoms with Gasteiger partial charge in [0.05, 0.1) is 40.9 Å². The molecule has 1 N–H and O–H groups in total. The van der Waals surface area contributed by atoms with Crippen LogP contribution in [0.1, 0.15) is 44.7 Å². The minimum atomic E-state index is -4.62. The molecule has 35 heavy (non-hydrogen) atoms. The Morgan fingerprint density at radius 1 is 1.17 bits per heavy atom. The average Bonchev–Trinajstić information content (AvgIpc) is 2.79. The number of amides is 1. The first-order valence-electron chi connectivity index (χ1n) is 11.0. The third-order valence-corrected chi connectivity index (χ3v) is 6.80. The number of halogens is 3. The molecule has 7 nitrogen and oxygen atoms in total. The number of hydrogen-bond donors (Lipinski definition) is 1. The summed E-state index contributed by atoms with van der Waals surface area (Å²) in [4.78, 5) is 38.7. The van der Waals surface area contributed by atoms with Crippen LogP contribution >= 0.6 is 11.8 Å². The Morgan fingerprint density at radius 2 is 1.77 bits per heavy atom. The van der Waals surface area contributed by atoms with Crippen LogP contribution in [0.3, 0.4) is 0 Å². The number of carbonyl (C=O) groups excluding carboxylic acids is 3. The molecular weight excluding hydrogens is 485 g/mol. The molecule has 1 aliphatic rings. The highest BCUT2D eigenvalue weighted by Gasteiger charge is 2.42. The van der Waals surface area contributed by atoms with Crippen LogP contribution in [0.4, 0.5) is 13.2 Å². The van der Waals surface area contributed by atoms with Gasteiger partial charge in [-0.2, -0.15) is 13.2 Å². The van der Waals surface area contributed by atoms with E-state index in [2.05, 4.69) is 5.32 Å². The molecule has 1 aromatic carbocycles. The lowest BCUT2D eigenvalue weighted by molar-refractivity contribution is -0.140. The standard InChI is InChI=1S/C24H29F3N2O5S/c1-6-33-22(31)18-15(4)29(5)21(35-12-14(3)28-13-30)20(23(32)34-7-2)19(18)16-9-8-10-17(11-16)24(25,26)27/h8-11,13-14,19H,6-7,12H2,1-5H3,(H,28,30). The molecule has 2 rings (SSSR count). The van der Waals surface area contributed by atoms with E-state index in [0.717, 1.165) is 12.1 Å². The Kier molecular flexibility index (Phi) is 9.82. The number of carbonyl (C=O) groups is 3. The van der Waals surface area contributed by atoms with Crippen LogP contribution < -0.4 is 5.32 Å². The summed E-state index contributed by atoms with van der Waals surface area (Å²) in [5.41, 5.74) is -0.283. The van der Waals surface area contributed by atoms with Crippen LogP contribution in [-0.4, -0.2) is 55.3 Å². The number of esters is 2. The summed E-state index contributed by atoms with van der Waals surface area (Å²) in [5, 5.41) is 3.03. The van der Waals surface area contributed by atoms with Crippen LogP contribution in [0.2, 0.25) is 0 Å². The molecule has 1 amide bonds. The van der Waals surface area contributed by atoms with Crippen molar-refractivity contribution in [2.75, 3.05) is 26.0 Å². The van der Waals surface area contributed by atoms with Gasteiger partial charge in [0, 0.05) is 24.5 Å². The summed E-state index contributed by atoms with van der Waals surface area (Å²) in [5.74, 6) is -2.28. The van der Waals surface area contributed by atoms with E-state index in [4.69, 9.17) is 9.47 Å². The van der Waals surface area contributed by atoms with Crippen molar-refractivity contribution in [3.8, 4) is 0 Å². The molecule has 192 valence electrons. The summed E-state index contributed by atoms with van der Waals surface area (Å²) >= 11 is 1.23. The quantitative estimate of drug-likeness (QED) is 0.370. The summed E-state index contributed by atoms with van der Waals surface area (Å²) in [7, 11) is 1.65. The van der Waals surface area contributed by atoms with Crippen LogP contribution in [0.5, 0.6) is 0 Å². The molecule has 0 spiro atoms. The summed E-state index contributed by atoms with van der Waals surface area (Å²) < 4.78 is 51.1. The van der Waals surface area contributed by atoms with Crippen LogP contribution in [0, 0.1) is 0 Å². The normalized spacial score (nSPS) is 17.3. The molecule has 2 unspecified atom stereocenters. The fraction of sp³-hybridized carbons (Fsp3) is 0.458. The first-order valence-corrected chi connectivity index (χ1v) is 12.0. The molecule has 0 aliphatic carbocycles. The molecular formula is C24H29F3N2O5S. The first kappa shape index (κ1) is 28.3. The smallest absolute Gasteiger partial charge is 0.416 e. The van der Waals surface area contributed by atoms with Crippen molar-refractivity contribution in [2.45, 2.75) is 45.8 Å². The fourth-order valence-corrected chi connectivity index (χ4v) is 4.84. The SMILES string of the molecule is CCOC(=O)C1=C(C)N(C)C(SCC(C)NC=O)=C(C(=O)OCC)C1c1cccc(C(F)(F)F)c1. The van der Waals surface area contributed by atoms with Gasteiger partial charge in [-0.05, 0) is 39.3 Å². The van der Waals surface area contributed by atoms with E-state index < -0.39 is 29.6 Å². The lowest BCUT2D eigenvalue weighted by Gasteiger charge is -2.37. The number of benzene rings is 1. The third-order valence-electron chi connectivity index (χ3n) is 5.37. The Balaban J connectivity index is 2.80. The van der Waals surface area contributed by atoms with Gasteiger partial charge in [-0.25, -0.2) is 9.59 Å². The fourth-order valence-electron chi connectivity index (χ4n) is 3.65. The number of allylic oxidation sites excluding steroid dienone is 1. The zero-order valence-electron chi connectivity index (χ0n) is 20.2. The molecule has 0 radical (unpaired) electrons. The second-order valence-electron chi connectivity index (χ2n) is 7.77. The molecule has 1 aliphatic heterocycles. The zero-order chi connectivity index (χ0) is 26.3. The van der Waals surface area contributed by atoms with Gasteiger partial charge in [0.25, 0.3) is 0 Å². The Morgan fingerprint density at radius 3 is 2.31 bits per heavy atom. The van der Waals surface area contributed by atoms with Crippen LogP contribution in [0.15, 0.2) is 46.1 Å². The summed E-state index contributed by atoms with van der Waals surface area (Å²) in [6.07, 6.45) is -4.06. The highest BCUT2D eigenvalue weighted by atomic mass is 32.2.